The lowest BCUT2D eigenvalue weighted by molar-refractivity contribution is -0.176. The highest BCUT2D eigenvalue weighted by molar-refractivity contribution is 5.94. The third kappa shape index (κ3) is 7.41. The van der Waals surface area contributed by atoms with Gasteiger partial charge in [-0.25, -0.2) is 0 Å². The summed E-state index contributed by atoms with van der Waals surface area (Å²) in [6.07, 6.45) is -8.60. The molecule has 0 spiro atoms. The topological polar surface area (TPSA) is 56.2 Å². The minimum Gasteiger partial charge on any atom is -0.367 e. The second-order valence-electron chi connectivity index (χ2n) is 6.31. The number of hydrogen-bond donors (Lipinski definition) is 1. The second-order valence-corrected chi connectivity index (χ2v) is 6.31. The number of carbonyl (C=O) groups excluding carboxylic acids is 1. The van der Waals surface area contributed by atoms with Crippen LogP contribution in [0.3, 0.4) is 0 Å². The first-order valence-corrected chi connectivity index (χ1v) is 8.59. The average molecular weight is 423 g/mol. The van der Waals surface area contributed by atoms with E-state index in [1.165, 1.54) is 35.9 Å². The Morgan fingerprint density at radius 2 is 1.90 bits per heavy atom. The maximum absolute atomic E-state index is 12.6. The van der Waals surface area contributed by atoms with Crippen LogP contribution >= 0.6 is 0 Å². The van der Waals surface area contributed by atoms with Gasteiger partial charge in [-0.15, -0.1) is 0 Å². The van der Waals surface area contributed by atoms with Crippen molar-refractivity contribution in [1.29, 1.82) is 0 Å². The minimum absolute atomic E-state index is 0.188. The van der Waals surface area contributed by atoms with E-state index in [0.29, 0.717) is 17.7 Å². The number of aromatic nitrogens is 2. The lowest BCUT2D eigenvalue weighted by Crippen LogP contribution is -2.25. The van der Waals surface area contributed by atoms with Gasteiger partial charge in [0.05, 0.1) is 6.61 Å². The molecule has 0 aliphatic carbocycles. The Morgan fingerprint density at radius 3 is 2.52 bits per heavy atom. The van der Waals surface area contributed by atoms with Crippen LogP contribution in [0.5, 0.6) is 0 Å². The number of amides is 1. The Labute approximate surface area is 162 Å². The van der Waals surface area contributed by atoms with Crippen molar-refractivity contribution < 1.29 is 35.9 Å². The number of rotatable bonds is 8. The van der Waals surface area contributed by atoms with Gasteiger partial charge in [0.15, 0.2) is 5.69 Å². The van der Waals surface area contributed by atoms with E-state index in [1.54, 1.807) is 0 Å². The van der Waals surface area contributed by atoms with E-state index in [1.807, 2.05) is 0 Å². The first-order chi connectivity index (χ1) is 13.5. The zero-order valence-electron chi connectivity index (χ0n) is 15.4. The number of nitrogens with one attached hydrogen (secondary N) is 1. The van der Waals surface area contributed by atoms with E-state index in [9.17, 15) is 31.1 Å². The number of benzene rings is 1. The van der Waals surface area contributed by atoms with Crippen molar-refractivity contribution in [3.63, 3.8) is 0 Å². The summed E-state index contributed by atoms with van der Waals surface area (Å²) in [5.41, 5.74) is 0.0419. The van der Waals surface area contributed by atoms with Crippen molar-refractivity contribution in [3.05, 3.63) is 52.8 Å². The number of carbonyl (C=O) groups is 1. The molecule has 0 unspecified atom stereocenters. The molecule has 0 atom stereocenters. The van der Waals surface area contributed by atoms with Crippen LogP contribution in [0.4, 0.5) is 26.3 Å². The SMILES string of the molecule is Cc1cc(C(F)(F)F)nn1CCCNC(=O)c1cccc(COCC(F)(F)F)c1. The Hall–Kier alpha value is -2.56. The normalized spacial score (nSPS) is 12.2. The fraction of sp³-hybridized carbons (Fsp3) is 0.444. The maximum Gasteiger partial charge on any atom is 0.435 e. The predicted octanol–water partition coefficient (Wildman–Crippen LogP) is 4.11. The third-order valence-corrected chi connectivity index (χ3v) is 3.83. The Kier molecular flexibility index (Phi) is 7.28. The Morgan fingerprint density at radius 1 is 1.17 bits per heavy atom. The van der Waals surface area contributed by atoms with Crippen LogP contribution in [-0.4, -0.2) is 35.0 Å². The average Bonchev–Trinajstić information content (AvgIpc) is 2.99. The highest BCUT2D eigenvalue weighted by atomic mass is 19.4. The summed E-state index contributed by atoms with van der Waals surface area (Å²) in [5, 5.41) is 6.11. The molecule has 0 radical (unpaired) electrons. The second kappa shape index (κ2) is 9.29. The molecule has 0 aliphatic rings. The molecule has 1 heterocycles. The molecule has 11 heteroatoms. The van der Waals surface area contributed by atoms with Gasteiger partial charge in [0, 0.05) is 24.3 Å². The van der Waals surface area contributed by atoms with Crippen molar-refractivity contribution in [3.8, 4) is 0 Å². The van der Waals surface area contributed by atoms with Gasteiger partial charge in [0.1, 0.15) is 6.61 Å². The first kappa shape index (κ1) is 22.7. The van der Waals surface area contributed by atoms with Crippen LogP contribution in [0.1, 0.15) is 33.7 Å². The number of halogens is 6. The number of alkyl halides is 6. The molecule has 0 aliphatic heterocycles. The summed E-state index contributed by atoms with van der Waals surface area (Å²) in [6, 6.07) is 6.92. The van der Waals surface area contributed by atoms with E-state index in [0.717, 1.165) is 6.07 Å². The molecule has 1 aromatic heterocycles. The fourth-order valence-corrected chi connectivity index (χ4v) is 2.49. The van der Waals surface area contributed by atoms with E-state index < -0.39 is 30.6 Å². The molecule has 0 saturated carbocycles. The highest BCUT2D eigenvalue weighted by Crippen LogP contribution is 2.28. The van der Waals surface area contributed by atoms with Gasteiger partial charge in [0.25, 0.3) is 5.91 Å². The fourth-order valence-electron chi connectivity index (χ4n) is 2.49. The van der Waals surface area contributed by atoms with Crippen molar-refractivity contribution >= 4 is 5.91 Å². The molecular weight excluding hydrogens is 404 g/mol. The zero-order chi connectivity index (χ0) is 21.7. The van der Waals surface area contributed by atoms with Gasteiger partial charge in [-0.1, -0.05) is 12.1 Å². The minimum atomic E-state index is -4.51. The molecule has 160 valence electrons. The molecule has 5 nitrogen and oxygen atoms in total. The van der Waals surface area contributed by atoms with E-state index in [-0.39, 0.29) is 25.3 Å². The quantitative estimate of drug-likeness (QED) is 0.514. The van der Waals surface area contributed by atoms with Gasteiger partial charge in [0.2, 0.25) is 0 Å². The van der Waals surface area contributed by atoms with E-state index >= 15 is 0 Å². The molecule has 1 amide bonds. The summed E-state index contributed by atoms with van der Waals surface area (Å²) in [5.74, 6) is -0.448. The summed E-state index contributed by atoms with van der Waals surface area (Å²) >= 11 is 0. The first-order valence-electron chi connectivity index (χ1n) is 8.59. The van der Waals surface area contributed by atoms with Crippen LogP contribution in [0.25, 0.3) is 0 Å². The van der Waals surface area contributed by atoms with Crippen LogP contribution in [0, 0.1) is 6.92 Å². The van der Waals surface area contributed by atoms with Gasteiger partial charge < -0.3 is 10.1 Å². The van der Waals surface area contributed by atoms with Crippen LogP contribution in [0.2, 0.25) is 0 Å². The molecule has 1 N–H and O–H groups in total. The van der Waals surface area contributed by atoms with Crippen LogP contribution in [-0.2, 0) is 24.1 Å². The van der Waals surface area contributed by atoms with Gasteiger partial charge in [-0.2, -0.15) is 31.4 Å². The molecule has 1 aromatic carbocycles. The third-order valence-electron chi connectivity index (χ3n) is 3.83. The van der Waals surface area contributed by atoms with Gasteiger partial charge >= 0.3 is 12.4 Å². The number of nitrogens with zero attached hydrogens (tertiary/aromatic N) is 2. The standard InChI is InChI=1S/C18H19F6N3O2/c1-12-8-15(18(22,23)24)26-27(12)7-3-6-25-16(28)14-5-2-4-13(9-14)10-29-11-17(19,20)21/h2,4-5,8-9H,3,6-7,10-11H2,1H3,(H,25,28). The summed E-state index contributed by atoms with van der Waals surface area (Å²) in [4.78, 5) is 12.1. The molecule has 2 rings (SSSR count). The predicted molar refractivity (Wildman–Crippen MR) is 91.1 cm³/mol. The van der Waals surface area contributed by atoms with Crippen LogP contribution < -0.4 is 5.32 Å². The molecule has 2 aromatic rings. The lowest BCUT2D eigenvalue weighted by atomic mass is 10.1. The molecule has 0 bridgehead atoms. The molecule has 0 saturated heterocycles. The summed E-state index contributed by atoms with van der Waals surface area (Å²) in [6.45, 7) is 0.210. The van der Waals surface area contributed by atoms with Crippen molar-refractivity contribution in [2.45, 2.75) is 38.8 Å². The lowest BCUT2D eigenvalue weighted by Gasteiger charge is -2.10. The smallest absolute Gasteiger partial charge is 0.367 e. The number of hydrogen-bond acceptors (Lipinski definition) is 3. The van der Waals surface area contributed by atoms with E-state index in [4.69, 9.17) is 0 Å². The number of aryl methyl sites for hydroxylation is 2. The molecule has 0 fully saturated rings. The largest absolute Gasteiger partial charge is 0.435 e. The van der Waals surface area contributed by atoms with E-state index in [2.05, 4.69) is 15.2 Å². The van der Waals surface area contributed by atoms with Gasteiger partial charge in [-0.05, 0) is 37.1 Å². The Balaban J connectivity index is 1.81. The Bertz CT molecular complexity index is 830. The summed E-state index contributed by atoms with van der Waals surface area (Å²) in [7, 11) is 0. The van der Waals surface area contributed by atoms with Crippen molar-refractivity contribution in [2.75, 3.05) is 13.2 Å². The number of ether oxygens (including phenoxy) is 1. The monoisotopic (exact) mass is 423 g/mol. The summed E-state index contributed by atoms with van der Waals surface area (Å²) < 4.78 is 80.0. The van der Waals surface area contributed by atoms with Gasteiger partial charge in [-0.3, -0.25) is 9.48 Å². The van der Waals surface area contributed by atoms with Crippen molar-refractivity contribution in [2.24, 2.45) is 0 Å². The van der Waals surface area contributed by atoms with Crippen LogP contribution in [0.15, 0.2) is 30.3 Å². The highest BCUT2D eigenvalue weighted by Gasteiger charge is 2.34. The zero-order valence-corrected chi connectivity index (χ0v) is 15.4. The molecular formula is C18H19F6N3O2. The maximum atomic E-state index is 12.6. The molecule has 29 heavy (non-hydrogen) atoms. The van der Waals surface area contributed by atoms with Crippen molar-refractivity contribution in [1.82, 2.24) is 15.1 Å².